The molecule has 49 heavy (non-hydrogen) atoms. The number of likely N-dealkylation sites (N-methyl/N-ethyl adjacent to an activating group) is 1. The molecule has 0 saturated carbocycles. The molecule has 0 aliphatic carbocycles. The quantitative estimate of drug-likeness (QED) is 0.209. The minimum absolute atomic E-state index is 0.0580. The SMILES string of the molecule is CN(C)C(=O)/C=C/CC[C@H](OC(=O)N(C)C)C(=O)Nc1ccnn(Cc2nc3c(CC(C)(C)C)cc(F)cc3[nH]2)c1=O.O=C(O)C(F)(F)F. The fraction of sp³-hybridized carbons (Fsp3) is 0.452. The van der Waals surface area contributed by atoms with Crippen molar-refractivity contribution >= 4 is 40.6 Å². The number of hydrogen-bond donors (Lipinski definition) is 3. The van der Waals surface area contributed by atoms with Crippen LogP contribution in [0.2, 0.25) is 0 Å². The summed E-state index contributed by atoms with van der Waals surface area (Å²) in [5, 5.41) is 13.8. The fourth-order valence-corrected chi connectivity index (χ4v) is 4.05. The summed E-state index contributed by atoms with van der Waals surface area (Å²) in [7, 11) is 6.18. The van der Waals surface area contributed by atoms with Crippen LogP contribution in [0.5, 0.6) is 0 Å². The van der Waals surface area contributed by atoms with Crippen LogP contribution >= 0.6 is 0 Å². The first-order chi connectivity index (χ1) is 22.6. The number of benzene rings is 1. The van der Waals surface area contributed by atoms with E-state index >= 15 is 0 Å². The van der Waals surface area contributed by atoms with Crippen molar-refractivity contribution in [3.05, 3.63) is 64.1 Å². The number of aliphatic carboxylic acids is 1. The van der Waals surface area contributed by atoms with E-state index in [1.54, 1.807) is 20.2 Å². The molecule has 3 N–H and O–H groups in total. The van der Waals surface area contributed by atoms with Gasteiger partial charge >= 0.3 is 18.2 Å². The van der Waals surface area contributed by atoms with Gasteiger partial charge in [0.15, 0.2) is 6.10 Å². The molecule has 0 spiro atoms. The normalized spacial score (nSPS) is 12.2. The third kappa shape index (κ3) is 12.7. The maximum absolute atomic E-state index is 14.3. The number of amides is 3. The van der Waals surface area contributed by atoms with Crippen LogP contribution in [0.4, 0.5) is 28.0 Å². The summed E-state index contributed by atoms with van der Waals surface area (Å²) >= 11 is 0. The Balaban J connectivity index is 0.00000107. The highest BCUT2D eigenvalue weighted by molar-refractivity contribution is 5.95. The first-order valence-corrected chi connectivity index (χ1v) is 14.7. The number of ether oxygens (including phenoxy) is 1. The van der Waals surface area contributed by atoms with Crippen molar-refractivity contribution in [3.63, 3.8) is 0 Å². The number of alkyl halides is 3. The molecule has 2 heterocycles. The molecule has 1 atom stereocenters. The second-order valence-corrected chi connectivity index (χ2v) is 12.4. The van der Waals surface area contributed by atoms with Gasteiger partial charge in [-0.05, 0) is 54.5 Å². The predicted molar refractivity (Wildman–Crippen MR) is 170 cm³/mol. The number of allylic oxidation sites excluding steroid dienone is 1. The van der Waals surface area contributed by atoms with Gasteiger partial charge in [0.2, 0.25) is 5.91 Å². The minimum atomic E-state index is -5.08. The van der Waals surface area contributed by atoms with Crippen molar-refractivity contribution in [2.45, 2.75) is 58.9 Å². The molecule has 0 radical (unpaired) electrons. The Bertz CT molecular complexity index is 1740. The van der Waals surface area contributed by atoms with E-state index in [-0.39, 0.29) is 42.2 Å². The summed E-state index contributed by atoms with van der Waals surface area (Å²) < 4.78 is 52.5. The zero-order chi connectivity index (χ0) is 37.3. The Morgan fingerprint density at radius 2 is 1.73 bits per heavy atom. The van der Waals surface area contributed by atoms with Gasteiger partial charge in [-0.1, -0.05) is 26.8 Å². The maximum atomic E-state index is 14.3. The van der Waals surface area contributed by atoms with Gasteiger partial charge in [-0.3, -0.25) is 14.4 Å². The van der Waals surface area contributed by atoms with Crippen molar-refractivity contribution < 1.29 is 46.6 Å². The molecular formula is C31H39F4N7O7. The van der Waals surface area contributed by atoms with Crippen LogP contribution in [0.15, 0.2) is 41.3 Å². The van der Waals surface area contributed by atoms with Gasteiger partial charge in [-0.25, -0.2) is 23.6 Å². The summed E-state index contributed by atoms with van der Waals surface area (Å²) in [5.41, 5.74) is 1.10. The zero-order valence-corrected chi connectivity index (χ0v) is 28.0. The van der Waals surface area contributed by atoms with Crippen molar-refractivity contribution in [1.82, 2.24) is 29.5 Å². The van der Waals surface area contributed by atoms with Gasteiger partial charge < -0.3 is 29.9 Å². The highest BCUT2D eigenvalue weighted by Gasteiger charge is 2.38. The summed E-state index contributed by atoms with van der Waals surface area (Å²) in [6.07, 6.45) is -1.81. The Morgan fingerprint density at radius 1 is 1.10 bits per heavy atom. The molecule has 3 rings (SSSR count). The van der Waals surface area contributed by atoms with E-state index in [0.717, 1.165) is 10.2 Å². The Kier molecular flexibility index (Phi) is 13.6. The summed E-state index contributed by atoms with van der Waals surface area (Å²) in [6.45, 7) is 6.10. The highest BCUT2D eigenvalue weighted by atomic mass is 19.4. The molecule has 0 aliphatic heterocycles. The number of halogens is 4. The second-order valence-electron chi connectivity index (χ2n) is 12.4. The maximum Gasteiger partial charge on any atom is 0.490 e. The third-order valence-electron chi connectivity index (χ3n) is 6.31. The topological polar surface area (TPSA) is 180 Å². The molecule has 0 fully saturated rings. The molecule has 3 aromatic rings. The lowest BCUT2D eigenvalue weighted by Gasteiger charge is -2.19. The molecule has 14 nitrogen and oxygen atoms in total. The number of anilines is 1. The van der Waals surface area contributed by atoms with E-state index in [1.807, 2.05) is 0 Å². The Hall–Kier alpha value is -5.29. The van der Waals surface area contributed by atoms with Gasteiger partial charge in [0, 0.05) is 34.4 Å². The van der Waals surface area contributed by atoms with Gasteiger partial charge in [-0.2, -0.15) is 18.3 Å². The average molecular weight is 698 g/mol. The van der Waals surface area contributed by atoms with Crippen LogP contribution in [0, 0.1) is 11.2 Å². The zero-order valence-electron chi connectivity index (χ0n) is 28.0. The smallest absolute Gasteiger partial charge is 0.475 e. The van der Waals surface area contributed by atoms with Crippen molar-refractivity contribution in [2.75, 3.05) is 33.5 Å². The number of fused-ring (bicyclic) bond motifs is 1. The number of H-pyrrole nitrogens is 1. The van der Waals surface area contributed by atoms with Crippen LogP contribution in [-0.4, -0.2) is 99.0 Å². The van der Waals surface area contributed by atoms with Crippen LogP contribution in [0.25, 0.3) is 11.0 Å². The standard InChI is InChI=1S/C29H38FN7O5.C2HF3O2/c1-29(2,3)16-18-14-19(30)15-21-25(18)34-23(32-21)17-37-27(40)20(12-13-31-37)33-26(39)22(42-28(41)36(6)7)10-8-9-11-24(38)35(4)5;3-2(4,5)1(6)7/h9,11-15,22H,8,10,16-17H2,1-7H3,(H,32,34)(H,33,39);(H,6,7)/b11-9+;/t22-;/m0./s1. The third-order valence-corrected chi connectivity index (χ3v) is 6.31. The molecule has 0 unspecified atom stereocenters. The lowest BCUT2D eigenvalue weighted by atomic mass is 9.87. The Morgan fingerprint density at radius 3 is 2.29 bits per heavy atom. The van der Waals surface area contributed by atoms with E-state index in [4.69, 9.17) is 14.6 Å². The number of hydrogen-bond acceptors (Lipinski definition) is 8. The van der Waals surface area contributed by atoms with Crippen molar-refractivity contribution in [2.24, 2.45) is 5.41 Å². The predicted octanol–water partition coefficient (Wildman–Crippen LogP) is 3.96. The van der Waals surface area contributed by atoms with Crippen LogP contribution < -0.4 is 10.9 Å². The van der Waals surface area contributed by atoms with E-state index in [0.29, 0.717) is 23.3 Å². The molecular weight excluding hydrogens is 658 g/mol. The number of carbonyl (C=O) groups excluding carboxylic acids is 3. The molecule has 3 amide bonds. The number of imidazole rings is 1. The van der Waals surface area contributed by atoms with Crippen molar-refractivity contribution in [1.29, 1.82) is 0 Å². The van der Waals surface area contributed by atoms with Gasteiger partial charge in [0.05, 0.1) is 11.0 Å². The number of carboxylic acids is 1. The highest BCUT2D eigenvalue weighted by Crippen LogP contribution is 2.27. The first kappa shape index (κ1) is 39.9. The number of carboxylic acid groups (broad SMARTS) is 1. The number of aromatic amines is 1. The molecule has 1 aromatic carbocycles. The van der Waals surface area contributed by atoms with Gasteiger partial charge in [0.1, 0.15) is 23.9 Å². The first-order valence-electron chi connectivity index (χ1n) is 14.7. The minimum Gasteiger partial charge on any atom is -0.475 e. The van der Waals surface area contributed by atoms with E-state index in [2.05, 4.69) is 41.2 Å². The van der Waals surface area contributed by atoms with E-state index < -0.39 is 35.8 Å². The lowest BCUT2D eigenvalue weighted by Crippen LogP contribution is -2.38. The number of carbonyl (C=O) groups is 4. The number of nitrogens with zero attached hydrogens (tertiary/aromatic N) is 5. The molecule has 0 aliphatic rings. The summed E-state index contributed by atoms with van der Waals surface area (Å²) in [6, 6.07) is 4.16. The molecule has 18 heteroatoms. The molecule has 268 valence electrons. The van der Waals surface area contributed by atoms with Crippen molar-refractivity contribution in [3.8, 4) is 0 Å². The lowest BCUT2D eigenvalue weighted by molar-refractivity contribution is -0.192. The summed E-state index contributed by atoms with van der Waals surface area (Å²) in [5.74, 6) is -3.69. The van der Waals surface area contributed by atoms with Crippen LogP contribution in [0.1, 0.15) is 45.0 Å². The largest absolute Gasteiger partial charge is 0.490 e. The van der Waals surface area contributed by atoms with Gasteiger partial charge in [-0.15, -0.1) is 0 Å². The molecule has 0 bridgehead atoms. The monoisotopic (exact) mass is 697 g/mol. The molecule has 0 saturated heterocycles. The summed E-state index contributed by atoms with van der Waals surface area (Å²) in [4.78, 5) is 69.4. The number of aromatic nitrogens is 4. The van der Waals surface area contributed by atoms with E-state index in [9.17, 15) is 36.7 Å². The number of nitrogens with one attached hydrogen (secondary N) is 2. The van der Waals surface area contributed by atoms with Crippen LogP contribution in [0.3, 0.4) is 0 Å². The molecule has 2 aromatic heterocycles. The second kappa shape index (κ2) is 16.7. The van der Waals surface area contributed by atoms with E-state index in [1.165, 1.54) is 54.4 Å². The fourth-order valence-electron chi connectivity index (χ4n) is 4.05. The number of rotatable bonds is 10. The average Bonchev–Trinajstić information content (AvgIpc) is 3.37. The van der Waals surface area contributed by atoms with Crippen LogP contribution in [-0.2, 0) is 32.1 Å². The van der Waals surface area contributed by atoms with Gasteiger partial charge in [0.25, 0.3) is 11.5 Å². The Labute approximate surface area is 278 Å².